The van der Waals surface area contributed by atoms with Crippen LogP contribution < -0.4 is 4.74 Å². The Morgan fingerprint density at radius 1 is 0.826 bits per heavy atom. The van der Waals surface area contributed by atoms with Crippen LogP contribution in [0.4, 0.5) is 0 Å². The highest BCUT2D eigenvalue weighted by molar-refractivity contribution is 5.96. The van der Waals surface area contributed by atoms with Crippen molar-refractivity contribution in [3.05, 3.63) is 65.7 Å². The summed E-state index contributed by atoms with van der Waals surface area (Å²) in [4.78, 5) is 23.9. The normalized spacial score (nSPS) is 10.3. The molecule has 23 heavy (non-hydrogen) atoms. The molecule has 2 rings (SSSR count). The van der Waals surface area contributed by atoms with E-state index < -0.39 is 5.97 Å². The minimum atomic E-state index is -0.423. The number of benzene rings is 2. The lowest BCUT2D eigenvalue weighted by atomic mass is 10.0. The number of ketones is 1. The molecule has 2 aromatic rings. The maximum atomic E-state index is 12.0. The summed E-state index contributed by atoms with van der Waals surface area (Å²) < 4.78 is 5.27. The first-order chi connectivity index (χ1) is 11.2. The third-order valence-electron chi connectivity index (χ3n) is 3.46. The number of ether oxygens (including phenoxy) is 1. The molecule has 0 aliphatic carbocycles. The van der Waals surface area contributed by atoms with Crippen molar-refractivity contribution in [3.8, 4) is 5.75 Å². The zero-order valence-electron chi connectivity index (χ0n) is 12.9. The number of hydrogen-bond acceptors (Lipinski definition) is 4. The Bertz CT molecular complexity index is 632. The Balaban J connectivity index is 1.89. The van der Waals surface area contributed by atoms with E-state index in [0.717, 1.165) is 19.3 Å². The van der Waals surface area contributed by atoms with Crippen LogP contribution in [0.5, 0.6) is 5.75 Å². The van der Waals surface area contributed by atoms with Gasteiger partial charge in [0.05, 0.1) is 5.56 Å². The highest BCUT2D eigenvalue weighted by atomic mass is 16.5. The van der Waals surface area contributed by atoms with Crippen LogP contribution in [0.3, 0.4) is 0 Å². The summed E-state index contributed by atoms with van der Waals surface area (Å²) in [6.07, 6.45) is 2.80. The van der Waals surface area contributed by atoms with E-state index in [4.69, 9.17) is 9.84 Å². The third kappa shape index (κ3) is 5.34. The van der Waals surface area contributed by atoms with Crippen molar-refractivity contribution < 1.29 is 19.4 Å². The monoisotopic (exact) mass is 312 g/mol. The standard InChI is InChI=1S/C19H20O4/c20-14-6-2-5-9-18(21)15-10-12-17(13-11-15)23-19(22)16-7-3-1-4-8-16/h1,3-4,7-8,10-13,20H,2,5-6,9,14H2. The topological polar surface area (TPSA) is 63.6 Å². The van der Waals surface area contributed by atoms with E-state index in [-0.39, 0.29) is 12.4 Å². The van der Waals surface area contributed by atoms with E-state index in [1.807, 2.05) is 6.07 Å². The lowest BCUT2D eigenvalue weighted by molar-refractivity contribution is 0.0734. The lowest BCUT2D eigenvalue weighted by Gasteiger charge is -2.05. The molecule has 0 aromatic heterocycles. The second-order valence-electron chi connectivity index (χ2n) is 5.24. The van der Waals surface area contributed by atoms with Gasteiger partial charge in [0, 0.05) is 18.6 Å². The fourth-order valence-corrected chi connectivity index (χ4v) is 2.17. The minimum Gasteiger partial charge on any atom is -0.423 e. The number of hydrogen-bond donors (Lipinski definition) is 1. The summed E-state index contributed by atoms with van der Waals surface area (Å²) >= 11 is 0. The van der Waals surface area contributed by atoms with E-state index in [9.17, 15) is 9.59 Å². The van der Waals surface area contributed by atoms with Gasteiger partial charge in [-0.05, 0) is 49.2 Å². The van der Waals surface area contributed by atoms with Crippen molar-refractivity contribution in [3.63, 3.8) is 0 Å². The van der Waals surface area contributed by atoms with Crippen molar-refractivity contribution in [1.29, 1.82) is 0 Å². The fraction of sp³-hybridized carbons (Fsp3) is 0.263. The van der Waals surface area contributed by atoms with Gasteiger partial charge >= 0.3 is 5.97 Å². The fourth-order valence-electron chi connectivity index (χ4n) is 2.17. The smallest absolute Gasteiger partial charge is 0.343 e. The first kappa shape index (κ1) is 16.9. The van der Waals surface area contributed by atoms with E-state index >= 15 is 0 Å². The number of carbonyl (C=O) groups excluding carboxylic acids is 2. The molecule has 0 aliphatic heterocycles. The van der Waals surface area contributed by atoms with Crippen LogP contribution in [0.15, 0.2) is 54.6 Å². The highest BCUT2D eigenvalue weighted by Crippen LogP contribution is 2.16. The molecule has 0 heterocycles. The van der Waals surface area contributed by atoms with Crippen LogP contribution in [-0.4, -0.2) is 23.5 Å². The Morgan fingerprint density at radius 3 is 2.17 bits per heavy atom. The van der Waals surface area contributed by atoms with Gasteiger partial charge in [0.1, 0.15) is 5.75 Å². The van der Waals surface area contributed by atoms with Crippen molar-refractivity contribution in [1.82, 2.24) is 0 Å². The van der Waals surface area contributed by atoms with Crippen LogP contribution in [0, 0.1) is 0 Å². The second-order valence-corrected chi connectivity index (χ2v) is 5.24. The summed E-state index contributed by atoms with van der Waals surface area (Å²) in [6.45, 7) is 0.162. The first-order valence-corrected chi connectivity index (χ1v) is 7.72. The molecule has 4 heteroatoms. The zero-order valence-corrected chi connectivity index (χ0v) is 12.9. The number of esters is 1. The van der Waals surface area contributed by atoms with Crippen molar-refractivity contribution in [2.45, 2.75) is 25.7 Å². The van der Waals surface area contributed by atoms with Gasteiger partial charge in [-0.25, -0.2) is 4.79 Å². The summed E-state index contributed by atoms with van der Waals surface area (Å²) in [5, 5.41) is 8.71. The number of carbonyl (C=O) groups is 2. The van der Waals surface area contributed by atoms with Gasteiger partial charge in [0.15, 0.2) is 5.78 Å². The third-order valence-corrected chi connectivity index (χ3v) is 3.46. The largest absolute Gasteiger partial charge is 0.423 e. The lowest BCUT2D eigenvalue weighted by Crippen LogP contribution is -2.08. The van der Waals surface area contributed by atoms with Gasteiger partial charge < -0.3 is 9.84 Å². The molecule has 0 saturated carbocycles. The predicted molar refractivity (Wildman–Crippen MR) is 87.7 cm³/mol. The van der Waals surface area contributed by atoms with Crippen LogP contribution >= 0.6 is 0 Å². The van der Waals surface area contributed by atoms with Crippen LogP contribution in [0.2, 0.25) is 0 Å². The number of rotatable bonds is 8. The number of aliphatic hydroxyl groups is 1. The molecular formula is C19H20O4. The molecule has 0 saturated heterocycles. The second kappa shape index (κ2) is 8.86. The molecule has 0 bridgehead atoms. The molecule has 0 atom stereocenters. The molecule has 0 fully saturated rings. The summed E-state index contributed by atoms with van der Waals surface area (Å²) in [5.41, 5.74) is 1.09. The highest BCUT2D eigenvalue weighted by Gasteiger charge is 2.09. The average molecular weight is 312 g/mol. The maximum Gasteiger partial charge on any atom is 0.343 e. The average Bonchev–Trinajstić information content (AvgIpc) is 2.60. The summed E-state index contributed by atoms with van der Waals surface area (Å²) in [6, 6.07) is 15.3. The van der Waals surface area contributed by atoms with E-state index in [0.29, 0.717) is 23.3 Å². The Morgan fingerprint density at radius 2 is 1.52 bits per heavy atom. The van der Waals surface area contributed by atoms with Gasteiger partial charge in [-0.1, -0.05) is 24.6 Å². The maximum absolute atomic E-state index is 12.0. The molecule has 4 nitrogen and oxygen atoms in total. The molecule has 1 N–H and O–H groups in total. The van der Waals surface area contributed by atoms with Crippen LogP contribution in [-0.2, 0) is 0 Å². The molecule has 0 amide bonds. The predicted octanol–water partition coefficient (Wildman–Crippen LogP) is 3.64. The molecule has 0 unspecified atom stereocenters. The van der Waals surface area contributed by atoms with Crippen LogP contribution in [0.25, 0.3) is 0 Å². The van der Waals surface area contributed by atoms with Crippen LogP contribution in [0.1, 0.15) is 46.4 Å². The zero-order chi connectivity index (χ0) is 16.5. The molecule has 0 aliphatic rings. The molecule has 120 valence electrons. The molecule has 0 radical (unpaired) electrons. The minimum absolute atomic E-state index is 0.0591. The molecular weight excluding hydrogens is 292 g/mol. The van der Waals surface area contributed by atoms with E-state index in [1.165, 1.54) is 0 Å². The van der Waals surface area contributed by atoms with Gasteiger partial charge in [-0.2, -0.15) is 0 Å². The molecule has 0 spiro atoms. The Hall–Kier alpha value is -2.46. The van der Waals surface area contributed by atoms with Gasteiger partial charge in [-0.3, -0.25) is 4.79 Å². The van der Waals surface area contributed by atoms with Crippen molar-refractivity contribution in [2.75, 3.05) is 6.61 Å². The van der Waals surface area contributed by atoms with Gasteiger partial charge in [-0.15, -0.1) is 0 Å². The Kier molecular flexibility index (Phi) is 6.51. The summed E-state index contributed by atoms with van der Waals surface area (Å²) in [7, 11) is 0. The quantitative estimate of drug-likeness (QED) is 0.350. The van der Waals surface area contributed by atoms with Gasteiger partial charge in [0.25, 0.3) is 0 Å². The summed E-state index contributed by atoms with van der Waals surface area (Å²) in [5.74, 6) is 0.0493. The number of aliphatic hydroxyl groups excluding tert-OH is 1. The van der Waals surface area contributed by atoms with Gasteiger partial charge in [0.2, 0.25) is 0 Å². The van der Waals surface area contributed by atoms with E-state index in [2.05, 4.69) is 0 Å². The number of Topliss-reactive ketones (excluding diaryl/α,β-unsaturated/α-hetero) is 1. The van der Waals surface area contributed by atoms with Crippen molar-refractivity contribution >= 4 is 11.8 Å². The molecule has 2 aromatic carbocycles. The Labute approximate surface area is 135 Å². The van der Waals surface area contributed by atoms with Crippen molar-refractivity contribution in [2.24, 2.45) is 0 Å². The SMILES string of the molecule is O=C(CCCCCO)c1ccc(OC(=O)c2ccccc2)cc1. The first-order valence-electron chi connectivity index (χ1n) is 7.72. The number of unbranched alkanes of at least 4 members (excludes halogenated alkanes) is 2. The van der Waals surface area contributed by atoms with E-state index in [1.54, 1.807) is 48.5 Å².